The number of hydrogen-bond acceptors (Lipinski definition) is 4. The van der Waals surface area contributed by atoms with E-state index < -0.39 is 15.9 Å². The number of nitrogens with zero attached hydrogens (tertiary/aromatic N) is 1. The maximum Gasteiger partial charge on any atom is 0.255 e. The summed E-state index contributed by atoms with van der Waals surface area (Å²) < 4.78 is 25.8. The van der Waals surface area contributed by atoms with E-state index in [0.717, 1.165) is 9.87 Å². The van der Waals surface area contributed by atoms with Crippen molar-refractivity contribution in [2.24, 2.45) is 0 Å². The van der Waals surface area contributed by atoms with E-state index in [1.165, 1.54) is 31.3 Å². The predicted octanol–water partition coefficient (Wildman–Crippen LogP) is 2.51. The van der Waals surface area contributed by atoms with Crippen LogP contribution in [0.15, 0.2) is 47.4 Å². The van der Waals surface area contributed by atoms with Gasteiger partial charge in [-0.15, -0.1) is 0 Å². The summed E-state index contributed by atoms with van der Waals surface area (Å²) in [5.41, 5.74) is 1.61. The number of aliphatic hydroxyl groups excluding tert-OH is 1. The number of aryl methyl sites for hydroxylation is 1. The molecule has 0 aromatic heterocycles. The van der Waals surface area contributed by atoms with Crippen molar-refractivity contribution < 1.29 is 18.3 Å². The molecule has 2 aromatic rings. The van der Waals surface area contributed by atoms with Crippen molar-refractivity contribution in [2.45, 2.75) is 11.8 Å². The first-order valence-corrected chi connectivity index (χ1v) is 9.32. The molecule has 2 rings (SSSR count). The second kappa shape index (κ2) is 7.97. The summed E-state index contributed by atoms with van der Waals surface area (Å²) in [4.78, 5) is 12.4. The predicted molar refractivity (Wildman–Crippen MR) is 97.5 cm³/mol. The first-order chi connectivity index (χ1) is 11.8. The molecule has 1 amide bonds. The molecule has 0 heterocycles. The van der Waals surface area contributed by atoms with Gasteiger partial charge in [-0.2, -0.15) is 4.31 Å². The number of halogens is 1. The summed E-state index contributed by atoms with van der Waals surface area (Å²) in [5, 5.41) is 12.1. The Labute approximate surface area is 152 Å². The summed E-state index contributed by atoms with van der Waals surface area (Å²) in [6.07, 6.45) is 0. The van der Waals surface area contributed by atoms with Crippen molar-refractivity contribution in [3.05, 3.63) is 58.6 Å². The van der Waals surface area contributed by atoms with Crippen molar-refractivity contribution >= 4 is 33.2 Å². The van der Waals surface area contributed by atoms with Gasteiger partial charge in [0.25, 0.3) is 5.91 Å². The lowest BCUT2D eigenvalue weighted by Gasteiger charge is -2.16. The minimum absolute atomic E-state index is 0.0157. The second-order valence-electron chi connectivity index (χ2n) is 5.50. The lowest BCUT2D eigenvalue weighted by atomic mass is 10.2. The molecule has 0 aliphatic rings. The molecule has 0 atom stereocenters. The Kier molecular flexibility index (Phi) is 6.18. The number of benzene rings is 2. The largest absolute Gasteiger partial charge is 0.395 e. The van der Waals surface area contributed by atoms with Crippen molar-refractivity contribution in [1.29, 1.82) is 0 Å². The highest BCUT2D eigenvalue weighted by Gasteiger charge is 2.21. The van der Waals surface area contributed by atoms with Gasteiger partial charge < -0.3 is 10.4 Å². The maximum atomic E-state index is 12.4. The molecule has 0 radical (unpaired) electrons. The van der Waals surface area contributed by atoms with E-state index in [9.17, 15) is 13.2 Å². The van der Waals surface area contributed by atoms with Gasteiger partial charge in [-0.05, 0) is 42.8 Å². The Morgan fingerprint density at radius 2 is 1.96 bits per heavy atom. The second-order valence-corrected chi connectivity index (χ2v) is 7.95. The average Bonchev–Trinajstić information content (AvgIpc) is 2.58. The van der Waals surface area contributed by atoms with Crippen LogP contribution in [0.25, 0.3) is 0 Å². The minimum Gasteiger partial charge on any atom is -0.395 e. The van der Waals surface area contributed by atoms with E-state index in [2.05, 4.69) is 5.32 Å². The number of nitrogens with one attached hydrogen (secondary N) is 1. The van der Waals surface area contributed by atoms with Gasteiger partial charge in [0.05, 0.1) is 11.5 Å². The molecule has 0 aliphatic heterocycles. The molecule has 25 heavy (non-hydrogen) atoms. The summed E-state index contributed by atoms with van der Waals surface area (Å²) >= 11 is 6.04. The monoisotopic (exact) mass is 382 g/mol. The molecule has 2 aromatic carbocycles. The van der Waals surface area contributed by atoms with Crippen LogP contribution in [0.1, 0.15) is 15.9 Å². The number of carbonyl (C=O) groups excluding carboxylic acids is 1. The Morgan fingerprint density at radius 3 is 2.60 bits per heavy atom. The highest BCUT2D eigenvalue weighted by atomic mass is 35.5. The van der Waals surface area contributed by atoms with Crippen LogP contribution in [0.5, 0.6) is 0 Å². The zero-order chi connectivity index (χ0) is 18.6. The van der Waals surface area contributed by atoms with Crippen LogP contribution in [0.4, 0.5) is 5.69 Å². The SMILES string of the molecule is Cc1ccc(NC(=O)c2cccc(S(=O)(=O)N(C)CCO)c2)cc1Cl. The number of likely N-dealkylation sites (N-methyl/N-ethyl adjacent to an activating group) is 1. The van der Waals surface area contributed by atoms with Gasteiger partial charge in [0.15, 0.2) is 0 Å². The average molecular weight is 383 g/mol. The Hall–Kier alpha value is -1.93. The Morgan fingerprint density at radius 1 is 1.24 bits per heavy atom. The normalized spacial score (nSPS) is 11.6. The molecule has 2 N–H and O–H groups in total. The summed E-state index contributed by atoms with van der Waals surface area (Å²) in [6, 6.07) is 10.9. The highest BCUT2D eigenvalue weighted by Crippen LogP contribution is 2.21. The molecule has 0 fully saturated rings. The fourth-order valence-electron chi connectivity index (χ4n) is 2.11. The van der Waals surface area contributed by atoms with Gasteiger partial charge in [-0.25, -0.2) is 8.42 Å². The van der Waals surface area contributed by atoms with Gasteiger partial charge in [0.1, 0.15) is 0 Å². The molecular weight excluding hydrogens is 364 g/mol. The molecule has 134 valence electrons. The number of carbonyl (C=O) groups is 1. The molecule has 0 saturated heterocycles. The van der Waals surface area contributed by atoms with Gasteiger partial charge in [-0.1, -0.05) is 23.7 Å². The van der Waals surface area contributed by atoms with E-state index in [-0.39, 0.29) is 23.6 Å². The number of amides is 1. The van der Waals surface area contributed by atoms with Crippen LogP contribution in [0.3, 0.4) is 0 Å². The number of rotatable bonds is 6. The first kappa shape index (κ1) is 19.4. The van der Waals surface area contributed by atoms with Crippen molar-refractivity contribution in [3.63, 3.8) is 0 Å². The first-order valence-electron chi connectivity index (χ1n) is 7.50. The lowest BCUT2D eigenvalue weighted by Crippen LogP contribution is -2.29. The van der Waals surface area contributed by atoms with Gasteiger partial charge >= 0.3 is 0 Å². The number of sulfonamides is 1. The number of anilines is 1. The molecule has 8 heteroatoms. The number of hydrogen-bond donors (Lipinski definition) is 2. The molecule has 0 spiro atoms. The number of aliphatic hydroxyl groups is 1. The third kappa shape index (κ3) is 4.58. The van der Waals surface area contributed by atoms with Crippen molar-refractivity contribution in [3.8, 4) is 0 Å². The summed E-state index contributed by atoms with van der Waals surface area (Å²) in [6.45, 7) is 1.54. The topological polar surface area (TPSA) is 86.7 Å². The molecule has 0 bridgehead atoms. The van der Waals surface area contributed by atoms with Gasteiger partial charge in [0, 0.05) is 29.9 Å². The highest BCUT2D eigenvalue weighted by molar-refractivity contribution is 7.89. The molecule has 6 nitrogen and oxygen atoms in total. The third-order valence-electron chi connectivity index (χ3n) is 3.65. The summed E-state index contributed by atoms with van der Waals surface area (Å²) in [5.74, 6) is -0.443. The fraction of sp³-hybridized carbons (Fsp3) is 0.235. The van der Waals surface area contributed by atoms with Crippen LogP contribution in [-0.4, -0.2) is 43.9 Å². The maximum absolute atomic E-state index is 12.4. The smallest absolute Gasteiger partial charge is 0.255 e. The van der Waals surface area contributed by atoms with E-state index >= 15 is 0 Å². The minimum atomic E-state index is -3.77. The van der Waals surface area contributed by atoms with Gasteiger partial charge in [0.2, 0.25) is 10.0 Å². The van der Waals surface area contributed by atoms with E-state index in [1.54, 1.807) is 18.2 Å². The van der Waals surface area contributed by atoms with Crippen molar-refractivity contribution in [1.82, 2.24) is 4.31 Å². The Balaban J connectivity index is 2.25. The summed E-state index contributed by atoms with van der Waals surface area (Å²) in [7, 11) is -2.40. The lowest BCUT2D eigenvalue weighted by molar-refractivity contribution is 0.102. The van der Waals surface area contributed by atoms with E-state index in [4.69, 9.17) is 16.7 Å². The van der Waals surface area contributed by atoms with Crippen molar-refractivity contribution in [2.75, 3.05) is 25.5 Å². The quantitative estimate of drug-likeness (QED) is 0.803. The Bertz CT molecular complexity index is 884. The van der Waals surface area contributed by atoms with Crippen LogP contribution >= 0.6 is 11.6 Å². The zero-order valence-corrected chi connectivity index (χ0v) is 15.4. The molecular formula is C17H19ClN2O4S. The standard InChI is InChI=1S/C17H19ClN2O4S/c1-12-6-7-14(11-16(12)18)19-17(22)13-4-3-5-15(10-13)25(23,24)20(2)8-9-21/h3-7,10-11,21H,8-9H2,1-2H3,(H,19,22). The van der Waals surface area contributed by atoms with E-state index in [0.29, 0.717) is 10.7 Å². The van der Waals surface area contributed by atoms with Crippen LogP contribution in [0, 0.1) is 6.92 Å². The third-order valence-corrected chi connectivity index (χ3v) is 5.91. The zero-order valence-electron chi connectivity index (χ0n) is 13.9. The van der Waals surface area contributed by atoms with E-state index in [1.807, 2.05) is 6.92 Å². The molecule has 0 aliphatic carbocycles. The van der Waals surface area contributed by atoms with Crippen LogP contribution in [-0.2, 0) is 10.0 Å². The van der Waals surface area contributed by atoms with Crippen LogP contribution < -0.4 is 5.32 Å². The molecule has 0 saturated carbocycles. The molecule has 0 unspecified atom stereocenters. The van der Waals surface area contributed by atoms with Crippen LogP contribution in [0.2, 0.25) is 5.02 Å². The van der Waals surface area contributed by atoms with Gasteiger partial charge in [-0.3, -0.25) is 4.79 Å². The fourth-order valence-corrected chi connectivity index (χ4v) is 3.50.